The van der Waals surface area contributed by atoms with Crippen LogP contribution in [0.3, 0.4) is 0 Å². The first-order chi connectivity index (χ1) is 11.4. The number of hydrogen-bond acceptors (Lipinski definition) is 6. The predicted molar refractivity (Wildman–Crippen MR) is 85.4 cm³/mol. The summed E-state index contributed by atoms with van der Waals surface area (Å²) in [5, 5.41) is 20.6. The molecule has 6 nitrogen and oxygen atoms in total. The van der Waals surface area contributed by atoms with Gasteiger partial charge >= 0.3 is 11.9 Å². The van der Waals surface area contributed by atoms with Crippen LogP contribution in [0.15, 0.2) is 48.5 Å². The van der Waals surface area contributed by atoms with Gasteiger partial charge in [-0.25, -0.2) is 0 Å². The lowest BCUT2D eigenvalue weighted by Gasteiger charge is -2.19. The van der Waals surface area contributed by atoms with Crippen LogP contribution in [0, 0.1) is 0 Å². The van der Waals surface area contributed by atoms with Crippen molar-refractivity contribution in [2.75, 3.05) is 0 Å². The van der Waals surface area contributed by atoms with Crippen LogP contribution < -0.4 is 9.47 Å². The third kappa shape index (κ3) is 4.65. The van der Waals surface area contributed by atoms with Gasteiger partial charge in [-0.15, -0.1) is 0 Å². The fraction of sp³-hybridized carbons (Fsp3) is 0.222. The van der Waals surface area contributed by atoms with E-state index in [0.29, 0.717) is 22.6 Å². The summed E-state index contributed by atoms with van der Waals surface area (Å²) in [6, 6.07) is 12.4. The fourth-order valence-electron chi connectivity index (χ4n) is 2.16. The van der Waals surface area contributed by atoms with E-state index in [-0.39, 0.29) is 0 Å². The standard InChI is InChI=1S/C18H18O6/c1-11(19)23-15-7-3-13(4-8-15)17(21)18(22)14-5-9-16(10-6-14)24-12(2)20/h3-10,17-18,21-22H,1-2H3/t17-,18+. The van der Waals surface area contributed by atoms with Crippen molar-refractivity contribution in [2.45, 2.75) is 26.1 Å². The van der Waals surface area contributed by atoms with Gasteiger partial charge in [0.1, 0.15) is 23.7 Å². The molecule has 0 aliphatic heterocycles. The maximum atomic E-state index is 10.9. The van der Waals surface area contributed by atoms with Crippen molar-refractivity contribution in [3.05, 3.63) is 59.7 Å². The Bertz CT molecular complexity index is 642. The molecule has 0 aliphatic rings. The van der Waals surface area contributed by atoms with E-state index in [1.807, 2.05) is 0 Å². The molecule has 0 bridgehead atoms. The van der Waals surface area contributed by atoms with Gasteiger partial charge in [-0.2, -0.15) is 0 Å². The molecule has 0 saturated heterocycles. The lowest BCUT2D eigenvalue weighted by Crippen LogP contribution is -2.10. The van der Waals surface area contributed by atoms with Crippen LogP contribution in [0.2, 0.25) is 0 Å². The Morgan fingerprint density at radius 1 is 0.708 bits per heavy atom. The van der Waals surface area contributed by atoms with E-state index < -0.39 is 24.1 Å². The average Bonchev–Trinajstić information content (AvgIpc) is 2.54. The van der Waals surface area contributed by atoms with Gasteiger partial charge in [0, 0.05) is 13.8 Å². The van der Waals surface area contributed by atoms with Crippen molar-refractivity contribution >= 4 is 11.9 Å². The lowest BCUT2D eigenvalue weighted by atomic mass is 9.98. The molecule has 2 aromatic rings. The fourth-order valence-corrected chi connectivity index (χ4v) is 2.16. The smallest absolute Gasteiger partial charge is 0.308 e. The third-order valence-corrected chi connectivity index (χ3v) is 3.27. The third-order valence-electron chi connectivity index (χ3n) is 3.27. The zero-order chi connectivity index (χ0) is 17.7. The van der Waals surface area contributed by atoms with Crippen molar-refractivity contribution in [2.24, 2.45) is 0 Å². The predicted octanol–water partition coefficient (Wildman–Crippen LogP) is 2.30. The minimum atomic E-state index is -1.16. The molecule has 126 valence electrons. The van der Waals surface area contributed by atoms with Crippen LogP contribution in [0.4, 0.5) is 0 Å². The van der Waals surface area contributed by atoms with Gasteiger partial charge in [0.25, 0.3) is 0 Å². The van der Waals surface area contributed by atoms with Crippen LogP contribution in [0.5, 0.6) is 11.5 Å². The Morgan fingerprint density at radius 2 is 1.00 bits per heavy atom. The molecule has 0 fully saturated rings. The van der Waals surface area contributed by atoms with E-state index in [1.54, 1.807) is 24.3 Å². The van der Waals surface area contributed by atoms with Gasteiger partial charge in [-0.3, -0.25) is 9.59 Å². The Kier molecular flexibility index (Phi) is 5.68. The van der Waals surface area contributed by atoms with Crippen LogP contribution in [-0.2, 0) is 9.59 Å². The number of hydrogen-bond donors (Lipinski definition) is 2. The zero-order valence-corrected chi connectivity index (χ0v) is 13.3. The molecule has 0 unspecified atom stereocenters. The summed E-state index contributed by atoms with van der Waals surface area (Å²) < 4.78 is 9.83. The second-order valence-electron chi connectivity index (χ2n) is 5.22. The highest BCUT2D eigenvalue weighted by Gasteiger charge is 2.20. The van der Waals surface area contributed by atoms with E-state index in [2.05, 4.69) is 0 Å². The highest BCUT2D eigenvalue weighted by atomic mass is 16.5. The normalized spacial score (nSPS) is 13.0. The molecule has 0 saturated carbocycles. The summed E-state index contributed by atoms with van der Waals surface area (Å²) in [5.74, 6) is -0.148. The molecule has 2 rings (SSSR count). The van der Waals surface area contributed by atoms with Gasteiger partial charge in [0.2, 0.25) is 0 Å². The van der Waals surface area contributed by atoms with Crippen LogP contribution in [0.1, 0.15) is 37.2 Å². The van der Waals surface area contributed by atoms with Crippen molar-refractivity contribution in [3.8, 4) is 11.5 Å². The molecule has 0 amide bonds. The number of rotatable bonds is 5. The van der Waals surface area contributed by atoms with Gasteiger partial charge in [-0.1, -0.05) is 24.3 Å². The van der Waals surface area contributed by atoms with E-state index in [0.717, 1.165) is 0 Å². The average molecular weight is 330 g/mol. The Morgan fingerprint density at radius 3 is 1.25 bits per heavy atom. The number of aliphatic hydroxyl groups is 2. The van der Waals surface area contributed by atoms with Crippen LogP contribution >= 0.6 is 0 Å². The molecule has 0 aliphatic carbocycles. The number of benzene rings is 2. The number of ether oxygens (including phenoxy) is 2. The topological polar surface area (TPSA) is 93.1 Å². The first-order valence-electron chi connectivity index (χ1n) is 7.29. The highest BCUT2D eigenvalue weighted by molar-refractivity contribution is 5.69. The molecule has 0 aromatic heterocycles. The molecule has 2 N–H and O–H groups in total. The molecule has 2 atom stereocenters. The summed E-state index contributed by atoms with van der Waals surface area (Å²) in [7, 11) is 0. The first-order valence-corrected chi connectivity index (χ1v) is 7.29. The minimum absolute atomic E-state index is 0.360. The van der Waals surface area contributed by atoms with Gasteiger partial charge in [0.15, 0.2) is 0 Å². The molecule has 24 heavy (non-hydrogen) atoms. The summed E-state index contributed by atoms with van der Waals surface area (Å²) in [5.41, 5.74) is 0.949. The number of aliphatic hydroxyl groups excluding tert-OH is 2. The van der Waals surface area contributed by atoms with E-state index in [4.69, 9.17) is 9.47 Å². The number of carbonyl (C=O) groups excluding carboxylic acids is 2. The first kappa shape index (κ1) is 17.7. The van der Waals surface area contributed by atoms with Gasteiger partial charge in [-0.05, 0) is 35.4 Å². The van der Waals surface area contributed by atoms with Crippen molar-refractivity contribution < 1.29 is 29.3 Å². The molecule has 6 heteroatoms. The maximum Gasteiger partial charge on any atom is 0.308 e. The summed E-state index contributed by atoms with van der Waals surface area (Å²) in [6.07, 6.45) is -2.31. The number of esters is 2. The highest BCUT2D eigenvalue weighted by Crippen LogP contribution is 2.30. The summed E-state index contributed by atoms with van der Waals surface area (Å²) in [6.45, 7) is 2.60. The van der Waals surface area contributed by atoms with Gasteiger partial charge < -0.3 is 19.7 Å². The van der Waals surface area contributed by atoms with E-state index >= 15 is 0 Å². The molecule has 0 spiro atoms. The molecular formula is C18H18O6. The summed E-state index contributed by atoms with van der Waals surface area (Å²) in [4.78, 5) is 21.8. The molecule has 2 aromatic carbocycles. The monoisotopic (exact) mass is 330 g/mol. The SMILES string of the molecule is CC(=O)Oc1ccc([C@@H](O)[C@@H](O)c2ccc(OC(C)=O)cc2)cc1. The Hall–Kier alpha value is -2.70. The molecular weight excluding hydrogens is 312 g/mol. The summed E-state index contributed by atoms with van der Waals surface area (Å²) >= 11 is 0. The largest absolute Gasteiger partial charge is 0.427 e. The van der Waals surface area contributed by atoms with Crippen LogP contribution in [0.25, 0.3) is 0 Å². The number of carbonyl (C=O) groups is 2. The van der Waals surface area contributed by atoms with Gasteiger partial charge in [0.05, 0.1) is 0 Å². The van der Waals surface area contributed by atoms with Crippen molar-refractivity contribution in [3.63, 3.8) is 0 Å². The second-order valence-corrected chi connectivity index (χ2v) is 5.22. The minimum Gasteiger partial charge on any atom is -0.427 e. The van der Waals surface area contributed by atoms with E-state index in [1.165, 1.54) is 38.1 Å². The lowest BCUT2D eigenvalue weighted by molar-refractivity contribution is -0.132. The van der Waals surface area contributed by atoms with Crippen molar-refractivity contribution in [1.82, 2.24) is 0 Å². The molecule has 0 heterocycles. The quantitative estimate of drug-likeness (QED) is 0.645. The van der Waals surface area contributed by atoms with Crippen LogP contribution in [-0.4, -0.2) is 22.2 Å². The Labute approximate surface area is 139 Å². The Balaban J connectivity index is 2.09. The second kappa shape index (κ2) is 7.72. The maximum absolute atomic E-state index is 10.9. The van der Waals surface area contributed by atoms with Crippen molar-refractivity contribution in [1.29, 1.82) is 0 Å². The molecule has 0 radical (unpaired) electrons. The van der Waals surface area contributed by atoms with E-state index in [9.17, 15) is 19.8 Å². The zero-order valence-electron chi connectivity index (χ0n) is 13.3.